The van der Waals surface area contributed by atoms with Gasteiger partial charge in [-0.05, 0) is 60.9 Å². The number of anilines is 1. The van der Waals surface area contributed by atoms with Crippen molar-refractivity contribution in [1.29, 1.82) is 0 Å². The Morgan fingerprint density at radius 3 is 2.31 bits per heavy atom. The van der Waals surface area contributed by atoms with Gasteiger partial charge in [0.15, 0.2) is 11.5 Å². The molecule has 0 aromatic heterocycles. The fourth-order valence-electron chi connectivity index (χ4n) is 3.27. The first-order chi connectivity index (χ1) is 15.4. The van der Waals surface area contributed by atoms with Crippen molar-refractivity contribution in [3.05, 3.63) is 87.4 Å². The van der Waals surface area contributed by atoms with Crippen LogP contribution in [0.5, 0.6) is 11.5 Å². The van der Waals surface area contributed by atoms with E-state index >= 15 is 0 Å². The fraction of sp³-hybridized carbons (Fsp3) is 0.240. The number of benzene rings is 3. The molecule has 0 aliphatic carbocycles. The molecule has 0 spiro atoms. The predicted octanol–water partition coefficient (Wildman–Crippen LogP) is 6.60. The fourth-order valence-corrected chi connectivity index (χ4v) is 3.77. The van der Waals surface area contributed by atoms with E-state index < -0.39 is 0 Å². The van der Waals surface area contributed by atoms with Gasteiger partial charge in [-0.15, -0.1) is 0 Å². The summed E-state index contributed by atoms with van der Waals surface area (Å²) >= 11 is 12.3. The van der Waals surface area contributed by atoms with Crippen LogP contribution in [0.2, 0.25) is 10.0 Å². The number of halogens is 2. The number of amides is 2. The smallest absolute Gasteiger partial charge is 0.322 e. The van der Waals surface area contributed by atoms with Crippen LogP contribution in [-0.2, 0) is 13.0 Å². The van der Waals surface area contributed by atoms with Crippen molar-refractivity contribution in [1.82, 2.24) is 4.90 Å². The van der Waals surface area contributed by atoms with E-state index in [0.29, 0.717) is 41.1 Å². The Labute approximate surface area is 198 Å². The number of nitrogens with zero attached hydrogens (tertiary/aromatic N) is 1. The first-order valence-corrected chi connectivity index (χ1v) is 10.9. The molecular weight excluding hydrogens is 447 g/mol. The molecule has 7 heteroatoms. The Morgan fingerprint density at radius 1 is 0.938 bits per heavy atom. The Bertz CT molecular complexity index is 1070. The molecule has 168 valence electrons. The number of carbonyl (C=O) groups excluding carboxylic acids is 1. The largest absolute Gasteiger partial charge is 0.493 e. The second-order valence-corrected chi connectivity index (χ2v) is 8.24. The van der Waals surface area contributed by atoms with Crippen LogP contribution in [0, 0.1) is 6.92 Å². The molecule has 2 amide bonds. The molecular formula is C25H26Cl2N2O3. The van der Waals surface area contributed by atoms with Gasteiger partial charge in [-0.3, -0.25) is 0 Å². The number of methoxy groups -OCH3 is 2. The van der Waals surface area contributed by atoms with Gasteiger partial charge in [0, 0.05) is 28.8 Å². The quantitative estimate of drug-likeness (QED) is 0.401. The number of rotatable bonds is 8. The number of nitrogens with one attached hydrogen (secondary N) is 1. The van der Waals surface area contributed by atoms with Gasteiger partial charge < -0.3 is 19.7 Å². The van der Waals surface area contributed by atoms with Gasteiger partial charge in [-0.1, -0.05) is 53.0 Å². The zero-order valence-electron chi connectivity index (χ0n) is 18.3. The Hall–Kier alpha value is -2.89. The van der Waals surface area contributed by atoms with Crippen molar-refractivity contribution in [2.24, 2.45) is 0 Å². The average Bonchev–Trinajstić information content (AvgIpc) is 2.78. The van der Waals surface area contributed by atoms with Crippen LogP contribution in [0.1, 0.15) is 16.7 Å². The second-order valence-electron chi connectivity index (χ2n) is 7.39. The normalized spacial score (nSPS) is 10.5. The first kappa shape index (κ1) is 23.8. The maximum atomic E-state index is 13.1. The van der Waals surface area contributed by atoms with Gasteiger partial charge in [0.2, 0.25) is 0 Å². The highest BCUT2D eigenvalue weighted by Crippen LogP contribution is 2.28. The van der Waals surface area contributed by atoms with E-state index in [4.69, 9.17) is 32.7 Å². The Kier molecular flexibility index (Phi) is 8.26. The maximum absolute atomic E-state index is 13.1. The molecule has 0 atom stereocenters. The molecule has 0 saturated carbocycles. The molecule has 0 saturated heterocycles. The molecule has 0 aliphatic rings. The van der Waals surface area contributed by atoms with Gasteiger partial charge in [0.25, 0.3) is 0 Å². The molecule has 0 fully saturated rings. The third kappa shape index (κ3) is 6.31. The van der Waals surface area contributed by atoms with Gasteiger partial charge in [-0.25, -0.2) is 4.79 Å². The Balaban J connectivity index is 1.80. The van der Waals surface area contributed by atoms with Crippen molar-refractivity contribution >= 4 is 34.9 Å². The lowest BCUT2D eigenvalue weighted by Gasteiger charge is -2.24. The van der Waals surface area contributed by atoms with E-state index in [1.165, 1.54) is 0 Å². The monoisotopic (exact) mass is 472 g/mol. The van der Waals surface area contributed by atoms with Crippen molar-refractivity contribution in [3.63, 3.8) is 0 Å². The van der Waals surface area contributed by atoms with E-state index in [1.807, 2.05) is 55.5 Å². The minimum Gasteiger partial charge on any atom is -0.493 e. The number of carbonyl (C=O) groups is 1. The number of urea groups is 1. The molecule has 0 bridgehead atoms. The zero-order valence-corrected chi connectivity index (χ0v) is 19.8. The summed E-state index contributed by atoms with van der Waals surface area (Å²) in [6, 6.07) is 18.5. The third-order valence-electron chi connectivity index (χ3n) is 5.08. The lowest BCUT2D eigenvalue weighted by molar-refractivity contribution is 0.209. The molecule has 3 rings (SSSR count). The van der Waals surface area contributed by atoms with E-state index in [2.05, 4.69) is 5.32 Å². The summed E-state index contributed by atoms with van der Waals surface area (Å²) < 4.78 is 10.7. The van der Waals surface area contributed by atoms with E-state index in [9.17, 15) is 4.79 Å². The number of hydrogen-bond acceptors (Lipinski definition) is 3. The molecule has 0 radical (unpaired) electrons. The molecule has 1 N–H and O–H groups in total. The third-order valence-corrected chi connectivity index (χ3v) is 5.66. The summed E-state index contributed by atoms with van der Waals surface area (Å²) in [5.41, 5.74) is 3.71. The van der Waals surface area contributed by atoms with Crippen LogP contribution < -0.4 is 14.8 Å². The zero-order chi connectivity index (χ0) is 23.1. The highest BCUT2D eigenvalue weighted by molar-refractivity contribution is 6.35. The van der Waals surface area contributed by atoms with E-state index in [-0.39, 0.29) is 6.03 Å². The summed E-state index contributed by atoms with van der Waals surface area (Å²) in [4.78, 5) is 14.9. The van der Waals surface area contributed by atoms with Gasteiger partial charge in [-0.2, -0.15) is 0 Å². The summed E-state index contributed by atoms with van der Waals surface area (Å²) in [7, 11) is 3.18. The molecule has 3 aromatic rings. The lowest BCUT2D eigenvalue weighted by Crippen LogP contribution is -2.36. The summed E-state index contributed by atoms with van der Waals surface area (Å²) in [6.07, 6.45) is 0.588. The van der Waals surface area contributed by atoms with Crippen LogP contribution >= 0.6 is 23.2 Å². The van der Waals surface area contributed by atoms with Crippen LogP contribution in [0.4, 0.5) is 10.5 Å². The van der Waals surface area contributed by atoms with Crippen LogP contribution in [-0.4, -0.2) is 31.7 Å². The second kappa shape index (κ2) is 11.1. The minimum atomic E-state index is -0.200. The SMILES string of the molecule is COc1ccc(CN(CCc2ccc(Cl)cc2Cl)C(=O)Nc2ccc(C)cc2)cc1OC. The summed E-state index contributed by atoms with van der Waals surface area (Å²) in [5, 5.41) is 4.14. The summed E-state index contributed by atoms with van der Waals surface area (Å²) in [5.74, 6) is 1.25. The standard InChI is InChI=1S/C25H26Cl2N2O3/c1-17-4-9-21(10-5-17)28-25(30)29(13-12-19-7-8-20(26)15-22(19)27)16-18-6-11-23(31-2)24(14-18)32-3/h4-11,14-15H,12-13,16H2,1-3H3,(H,28,30). The number of hydrogen-bond donors (Lipinski definition) is 1. The molecule has 0 aliphatic heterocycles. The first-order valence-electron chi connectivity index (χ1n) is 10.2. The van der Waals surface area contributed by atoms with Crippen molar-refractivity contribution in [2.45, 2.75) is 19.9 Å². The topological polar surface area (TPSA) is 50.8 Å². The minimum absolute atomic E-state index is 0.200. The van der Waals surface area contributed by atoms with Gasteiger partial charge >= 0.3 is 6.03 Å². The van der Waals surface area contributed by atoms with Crippen molar-refractivity contribution in [2.75, 3.05) is 26.1 Å². The van der Waals surface area contributed by atoms with Crippen LogP contribution in [0.25, 0.3) is 0 Å². The average molecular weight is 473 g/mol. The van der Waals surface area contributed by atoms with Gasteiger partial charge in [0.05, 0.1) is 14.2 Å². The maximum Gasteiger partial charge on any atom is 0.322 e. The van der Waals surface area contributed by atoms with Crippen molar-refractivity contribution < 1.29 is 14.3 Å². The predicted molar refractivity (Wildman–Crippen MR) is 130 cm³/mol. The number of ether oxygens (including phenoxy) is 2. The molecule has 32 heavy (non-hydrogen) atoms. The van der Waals surface area contributed by atoms with E-state index in [0.717, 1.165) is 22.4 Å². The molecule has 0 unspecified atom stereocenters. The lowest BCUT2D eigenvalue weighted by atomic mass is 10.1. The van der Waals surface area contributed by atoms with Gasteiger partial charge in [0.1, 0.15) is 0 Å². The van der Waals surface area contributed by atoms with Crippen LogP contribution in [0.15, 0.2) is 60.7 Å². The van der Waals surface area contributed by atoms with Crippen molar-refractivity contribution in [3.8, 4) is 11.5 Å². The molecule has 0 heterocycles. The summed E-state index contributed by atoms with van der Waals surface area (Å²) in [6.45, 7) is 2.86. The Morgan fingerprint density at radius 2 is 1.66 bits per heavy atom. The number of aryl methyl sites for hydroxylation is 1. The van der Waals surface area contributed by atoms with E-state index in [1.54, 1.807) is 31.3 Å². The molecule has 3 aromatic carbocycles. The highest BCUT2D eigenvalue weighted by atomic mass is 35.5. The molecule has 5 nitrogen and oxygen atoms in total. The van der Waals surface area contributed by atoms with Crippen LogP contribution in [0.3, 0.4) is 0 Å². The highest BCUT2D eigenvalue weighted by Gasteiger charge is 2.17.